The highest BCUT2D eigenvalue weighted by molar-refractivity contribution is 5.01. The van der Waals surface area contributed by atoms with Crippen LogP contribution in [0.5, 0.6) is 0 Å². The fraction of sp³-hybridized carbons (Fsp3) is 1.00. The van der Waals surface area contributed by atoms with Crippen molar-refractivity contribution >= 4 is 0 Å². The number of nitrogens with zero attached hydrogens (tertiary/aromatic N) is 1. The minimum Gasteiger partial charge on any atom is -0.379 e. The first kappa shape index (κ1) is 12.0. The summed E-state index contributed by atoms with van der Waals surface area (Å²) in [6.45, 7) is 10.6. The predicted octanol–water partition coefficient (Wildman–Crippen LogP) is 2.78. The Kier molecular flexibility index (Phi) is 3.20. The van der Waals surface area contributed by atoms with E-state index in [9.17, 15) is 0 Å². The molecule has 0 aromatic rings. The van der Waals surface area contributed by atoms with E-state index in [4.69, 9.17) is 4.74 Å². The third-order valence-electron chi connectivity index (χ3n) is 5.91. The van der Waals surface area contributed by atoms with E-state index in [2.05, 4.69) is 18.7 Å². The molecule has 3 atom stereocenters. The normalized spacial score (nSPS) is 40.9. The predicted molar refractivity (Wildman–Crippen MR) is 70.0 cm³/mol. The molecule has 1 aliphatic heterocycles. The number of morpholine rings is 1. The number of hydrogen-bond donors (Lipinski definition) is 0. The molecule has 1 heterocycles. The zero-order valence-electron chi connectivity index (χ0n) is 11.5. The molecule has 3 aliphatic rings. The van der Waals surface area contributed by atoms with Gasteiger partial charge < -0.3 is 4.74 Å². The van der Waals surface area contributed by atoms with Crippen molar-refractivity contribution in [3.05, 3.63) is 0 Å². The summed E-state index contributed by atoms with van der Waals surface area (Å²) in [7, 11) is 0. The van der Waals surface area contributed by atoms with Gasteiger partial charge >= 0.3 is 0 Å². The molecule has 17 heavy (non-hydrogen) atoms. The van der Waals surface area contributed by atoms with Crippen LogP contribution in [0.3, 0.4) is 0 Å². The summed E-state index contributed by atoms with van der Waals surface area (Å²) in [5, 5.41) is 0. The second kappa shape index (κ2) is 4.55. The van der Waals surface area contributed by atoms with Gasteiger partial charge in [0, 0.05) is 13.1 Å². The molecule has 0 radical (unpaired) electrons. The Balaban J connectivity index is 1.54. The van der Waals surface area contributed by atoms with Gasteiger partial charge in [0.15, 0.2) is 0 Å². The summed E-state index contributed by atoms with van der Waals surface area (Å²) in [6.07, 6.45) is 5.97. The van der Waals surface area contributed by atoms with Crippen LogP contribution in [0.1, 0.15) is 39.5 Å². The number of rotatable bonds is 3. The van der Waals surface area contributed by atoms with Gasteiger partial charge in [-0.25, -0.2) is 0 Å². The second-order valence-corrected chi connectivity index (χ2v) is 6.94. The summed E-state index contributed by atoms with van der Waals surface area (Å²) < 4.78 is 5.42. The van der Waals surface area contributed by atoms with Gasteiger partial charge in [-0.05, 0) is 55.4 Å². The van der Waals surface area contributed by atoms with Crippen molar-refractivity contribution in [3.63, 3.8) is 0 Å². The Hall–Kier alpha value is -0.0800. The molecule has 2 nitrogen and oxygen atoms in total. The standard InChI is InChI=1S/C15H27NO/c1-15(2)13-4-3-12(11-13)14(15)5-6-16-7-9-17-10-8-16/h12-14H,3-11H2,1-2H3. The highest BCUT2D eigenvalue weighted by Gasteiger charge is 2.51. The Labute approximate surface area is 106 Å². The van der Waals surface area contributed by atoms with Crippen LogP contribution in [0.15, 0.2) is 0 Å². The van der Waals surface area contributed by atoms with Crippen molar-refractivity contribution in [1.29, 1.82) is 0 Å². The van der Waals surface area contributed by atoms with Crippen LogP contribution in [-0.2, 0) is 4.74 Å². The minimum atomic E-state index is 0.620. The van der Waals surface area contributed by atoms with E-state index in [1.807, 2.05) is 0 Å². The highest BCUT2D eigenvalue weighted by atomic mass is 16.5. The van der Waals surface area contributed by atoms with Gasteiger partial charge in [0.05, 0.1) is 13.2 Å². The van der Waals surface area contributed by atoms with Gasteiger partial charge in [0.25, 0.3) is 0 Å². The maximum Gasteiger partial charge on any atom is 0.0594 e. The lowest BCUT2D eigenvalue weighted by molar-refractivity contribution is 0.0269. The Morgan fingerprint density at radius 1 is 1.18 bits per heavy atom. The van der Waals surface area contributed by atoms with Crippen molar-refractivity contribution in [1.82, 2.24) is 4.90 Å². The van der Waals surface area contributed by atoms with E-state index in [0.29, 0.717) is 5.41 Å². The van der Waals surface area contributed by atoms with E-state index in [0.717, 1.165) is 44.1 Å². The zero-order chi connectivity index (χ0) is 11.9. The van der Waals surface area contributed by atoms with Gasteiger partial charge in [-0.15, -0.1) is 0 Å². The smallest absolute Gasteiger partial charge is 0.0594 e. The maximum absolute atomic E-state index is 5.42. The maximum atomic E-state index is 5.42. The van der Waals surface area contributed by atoms with E-state index >= 15 is 0 Å². The van der Waals surface area contributed by atoms with Crippen LogP contribution >= 0.6 is 0 Å². The number of hydrogen-bond acceptors (Lipinski definition) is 2. The van der Waals surface area contributed by atoms with Gasteiger partial charge in [-0.1, -0.05) is 13.8 Å². The van der Waals surface area contributed by atoms with Crippen molar-refractivity contribution in [2.24, 2.45) is 23.2 Å². The first-order chi connectivity index (χ1) is 8.18. The van der Waals surface area contributed by atoms with Crippen LogP contribution in [0.25, 0.3) is 0 Å². The van der Waals surface area contributed by atoms with Gasteiger partial charge in [0.2, 0.25) is 0 Å². The number of ether oxygens (including phenoxy) is 1. The van der Waals surface area contributed by atoms with Crippen molar-refractivity contribution in [2.75, 3.05) is 32.8 Å². The molecule has 2 heteroatoms. The quantitative estimate of drug-likeness (QED) is 0.748. The molecule has 0 amide bonds. The molecule has 3 fully saturated rings. The molecular formula is C15H27NO. The average Bonchev–Trinajstić information content (AvgIpc) is 2.87. The highest BCUT2D eigenvalue weighted by Crippen LogP contribution is 2.60. The first-order valence-corrected chi connectivity index (χ1v) is 7.48. The SMILES string of the molecule is CC1(C)C2CCC(C2)C1CCN1CCOCC1. The summed E-state index contributed by atoms with van der Waals surface area (Å²) in [4.78, 5) is 2.60. The largest absolute Gasteiger partial charge is 0.379 e. The summed E-state index contributed by atoms with van der Waals surface area (Å²) in [6, 6.07) is 0. The molecule has 2 bridgehead atoms. The van der Waals surface area contributed by atoms with Crippen LogP contribution < -0.4 is 0 Å². The molecule has 0 aromatic carbocycles. The second-order valence-electron chi connectivity index (χ2n) is 6.94. The summed E-state index contributed by atoms with van der Waals surface area (Å²) in [5.74, 6) is 3.07. The van der Waals surface area contributed by atoms with Crippen LogP contribution in [0.2, 0.25) is 0 Å². The van der Waals surface area contributed by atoms with E-state index in [-0.39, 0.29) is 0 Å². The lowest BCUT2D eigenvalue weighted by Gasteiger charge is -2.39. The molecule has 3 rings (SSSR count). The van der Waals surface area contributed by atoms with Gasteiger partial charge in [-0.2, -0.15) is 0 Å². The third-order valence-corrected chi connectivity index (χ3v) is 5.91. The molecule has 0 aromatic heterocycles. The first-order valence-electron chi connectivity index (χ1n) is 7.48. The molecule has 1 saturated heterocycles. The fourth-order valence-electron chi connectivity index (χ4n) is 4.72. The molecule has 3 unspecified atom stereocenters. The molecule has 2 saturated carbocycles. The van der Waals surface area contributed by atoms with Gasteiger partial charge in [-0.3, -0.25) is 4.90 Å². The zero-order valence-corrected chi connectivity index (χ0v) is 11.5. The Bertz CT molecular complexity index is 270. The lowest BCUT2D eigenvalue weighted by Crippen LogP contribution is -2.39. The number of fused-ring (bicyclic) bond motifs is 2. The van der Waals surface area contributed by atoms with Crippen LogP contribution in [0.4, 0.5) is 0 Å². The minimum absolute atomic E-state index is 0.620. The Morgan fingerprint density at radius 3 is 2.59 bits per heavy atom. The van der Waals surface area contributed by atoms with E-state index < -0.39 is 0 Å². The topological polar surface area (TPSA) is 12.5 Å². The molecule has 0 spiro atoms. The fourth-order valence-corrected chi connectivity index (χ4v) is 4.72. The van der Waals surface area contributed by atoms with Crippen LogP contribution in [-0.4, -0.2) is 37.7 Å². The van der Waals surface area contributed by atoms with E-state index in [1.165, 1.54) is 32.2 Å². The van der Waals surface area contributed by atoms with E-state index in [1.54, 1.807) is 0 Å². The van der Waals surface area contributed by atoms with Crippen molar-refractivity contribution in [3.8, 4) is 0 Å². The molecule has 98 valence electrons. The van der Waals surface area contributed by atoms with Crippen molar-refractivity contribution in [2.45, 2.75) is 39.5 Å². The molecular weight excluding hydrogens is 210 g/mol. The summed E-state index contributed by atoms with van der Waals surface area (Å²) >= 11 is 0. The van der Waals surface area contributed by atoms with Gasteiger partial charge in [0.1, 0.15) is 0 Å². The van der Waals surface area contributed by atoms with Crippen molar-refractivity contribution < 1.29 is 4.74 Å². The third kappa shape index (κ3) is 2.15. The molecule has 0 N–H and O–H groups in total. The lowest BCUT2D eigenvalue weighted by atomic mass is 9.67. The summed E-state index contributed by atoms with van der Waals surface area (Å²) in [5.41, 5.74) is 0.620. The molecule has 2 aliphatic carbocycles. The monoisotopic (exact) mass is 237 g/mol. The van der Waals surface area contributed by atoms with Crippen LogP contribution in [0, 0.1) is 23.2 Å². The average molecular weight is 237 g/mol. The Morgan fingerprint density at radius 2 is 1.94 bits per heavy atom.